The van der Waals surface area contributed by atoms with E-state index in [1.165, 1.54) is 6.92 Å². The lowest BCUT2D eigenvalue weighted by Crippen LogP contribution is -2.29. The van der Waals surface area contributed by atoms with Crippen LogP contribution in [0.5, 0.6) is 0 Å². The van der Waals surface area contributed by atoms with Crippen LogP contribution in [0.3, 0.4) is 0 Å². The highest BCUT2D eigenvalue weighted by Gasteiger charge is 2.32. The highest BCUT2D eigenvalue weighted by atomic mass is 32.1. The van der Waals surface area contributed by atoms with E-state index >= 15 is 0 Å². The van der Waals surface area contributed by atoms with Crippen LogP contribution < -0.4 is 4.90 Å². The minimum atomic E-state index is -1.16. The van der Waals surface area contributed by atoms with E-state index in [1.54, 1.807) is 7.11 Å². The Hall–Kier alpha value is -1.47. The van der Waals surface area contributed by atoms with E-state index in [-0.39, 0.29) is 16.4 Å². The molecular formula is C12H16N2O4S. The van der Waals surface area contributed by atoms with Crippen LogP contribution in [-0.2, 0) is 4.74 Å². The Morgan fingerprint density at radius 3 is 2.63 bits per heavy atom. The van der Waals surface area contributed by atoms with Crippen LogP contribution in [0.25, 0.3) is 0 Å². The Labute approximate surface area is 115 Å². The van der Waals surface area contributed by atoms with E-state index in [0.717, 1.165) is 24.2 Å². The fraction of sp³-hybridized carbons (Fsp3) is 0.583. The zero-order valence-corrected chi connectivity index (χ0v) is 11.7. The molecule has 19 heavy (non-hydrogen) atoms. The number of rotatable bonds is 7. The van der Waals surface area contributed by atoms with Gasteiger partial charge in [0.05, 0.1) is 6.61 Å². The van der Waals surface area contributed by atoms with E-state index in [0.29, 0.717) is 24.3 Å². The fourth-order valence-corrected chi connectivity index (χ4v) is 2.88. The molecule has 0 atom stereocenters. The summed E-state index contributed by atoms with van der Waals surface area (Å²) in [5.41, 5.74) is -0.143. The second kappa shape index (κ2) is 5.66. The van der Waals surface area contributed by atoms with Crippen molar-refractivity contribution >= 4 is 28.2 Å². The standard InChI is InChI=1S/C12H16N2O4S/c1-7(15)10-9(11(16)17)13-12(19-10)14(5-6-18-2)8-3-4-8/h8H,3-6H2,1-2H3,(H,16,17). The molecule has 0 radical (unpaired) electrons. The number of hydrogen-bond donors (Lipinski definition) is 1. The number of carbonyl (C=O) groups excluding carboxylic acids is 1. The van der Waals surface area contributed by atoms with Gasteiger partial charge < -0.3 is 14.7 Å². The minimum Gasteiger partial charge on any atom is -0.476 e. The summed E-state index contributed by atoms with van der Waals surface area (Å²) in [6, 6.07) is 0.391. The average Bonchev–Trinajstić information content (AvgIpc) is 3.07. The molecule has 1 aliphatic carbocycles. The summed E-state index contributed by atoms with van der Waals surface area (Å²) >= 11 is 1.15. The second-order valence-corrected chi connectivity index (χ2v) is 5.43. The Bertz CT molecular complexity index is 464. The molecule has 0 bridgehead atoms. The Morgan fingerprint density at radius 1 is 1.53 bits per heavy atom. The van der Waals surface area contributed by atoms with Crippen molar-refractivity contribution in [1.82, 2.24) is 4.98 Å². The smallest absolute Gasteiger partial charge is 0.356 e. The van der Waals surface area contributed by atoms with Crippen molar-refractivity contribution in [2.45, 2.75) is 25.8 Å². The van der Waals surface area contributed by atoms with Crippen LogP contribution in [0.1, 0.15) is 39.9 Å². The van der Waals surface area contributed by atoms with Gasteiger partial charge in [-0.3, -0.25) is 4.79 Å². The maximum atomic E-state index is 11.5. The van der Waals surface area contributed by atoms with Gasteiger partial charge >= 0.3 is 5.97 Å². The number of nitrogens with zero attached hydrogens (tertiary/aromatic N) is 2. The first-order valence-corrected chi connectivity index (χ1v) is 6.87. The third-order valence-electron chi connectivity index (χ3n) is 2.91. The molecule has 1 saturated carbocycles. The number of aromatic carboxylic acids is 1. The molecule has 1 aromatic rings. The topological polar surface area (TPSA) is 79.7 Å². The SMILES string of the molecule is COCCN(c1nc(C(=O)O)c(C(C)=O)s1)C1CC1. The zero-order valence-electron chi connectivity index (χ0n) is 10.9. The second-order valence-electron chi connectivity index (χ2n) is 4.45. The fourth-order valence-electron chi connectivity index (χ4n) is 1.83. The van der Waals surface area contributed by atoms with E-state index in [2.05, 4.69) is 4.98 Å². The first kappa shape index (κ1) is 14.0. The molecule has 0 aliphatic heterocycles. The van der Waals surface area contributed by atoms with E-state index in [4.69, 9.17) is 9.84 Å². The van der Waals surface area contributed by atoms with Gasteiger partial charge in [0.25, 0.3) is 0 Å². The first-order valence-electron chi connectivity index (χ1n) is 6.05. The number of ether oxygens (including phenoxy) is 1. The van der Waals surface area contributed by atoms with Gasteiger partial charge in [0.1, 0.15) is 4.88 Å². The molecular weight excluding hydrogens is 268 g/mol. The van der Waals surface area contributed by atoms with Crippen molar-refractivity contribution < 1.29 is 19.4 Å². The molecule has 2 rings (SSSR count). The molecule has 6 nitrogen and oxygen atoms in total. The van der Waals surface area contributed by atoms with Gasteiger partial charge in [-0.05, 0) is 12.8 Å². The lowest BCUT2D eigenvalue weighted by molar-refractivity contribution is 0.0687. The average molecular weight is 284 g/mol. The predicted molar refractivity (Wildman–Crippen MR) is 71.3 cm³/mol. The van der Waals surface area contributed by atoms with Crippen molar-refractivity contribution in [2.24, 2.45) is 0 Å². The molecule has 0 aromatic carbocycles. The van der Waals surface area contributed by atoms with Crippen LogP contribution in [0.15, 0.2) is 0 Å². The van der Waals surface area contributed by atoms with Gasteiger partial charge in [0.15, 0.2) is 16.6 Å². The summed E-state index contributed by atoms with van der Waals surface area (Å²) in [5.74, 6) is -1.42. The molecule has 7 heteroatoms. The highest BCUT2D eigenvalue weighted by molar-refractivity contribution is 7.17. The van der Waals surface area contributed by atoms with E-state index in [1.807, 2.05) is 4.90 Å². The van der Waals surface area contributed by atoms with Gasteiger partial charge in [0.2, 0.25) is 0 Å². The highest BCUT2D eigenvalue weighted by Crippen LogP contribution is 2.35. The number of ketones is 1. The summed E-state index contributed by atoms with van der Waals surface area (Å²) in [6.45, 7) is 2.57. The van der Waals surface area contributed by atoms with Gasteiger partial charge in [-0.25, -0.2) is 9.78 Å². The number of hydrogen-bond acceptors (Lipinski definition) is 6. The normalized spacial score (nSPS) is 14.4. The van der Waals surface area contributed by atoms with Crippen molar-refractivity contribution in [1.29, 1.82) is 0 Å². The molecule has 1 aromatic heterocycles. The van der Waals surface area contributed by atoms with Gasteiger partial charge in [0, 0.05) is 26.6 Å². The van der Waals surface area contributed by atoms with Crippen LogP contribution in [-0.4, -0.2) is 48.1 Å². The lowest BCUT2D eigenvalue weighted by Gasteiger charge is -2.20. The van der Waals surface area contributed by atoms with E-state index in [9.17, 15) is 9.59 Å². The number of carboxylic acid groups (broad SMARTS) is 1. The van der Waals surface area contributed by atoms with Crippen molar-refractivity contribution in [3.8, 4) is 0 Å². The maximum absolute atomic E-state index is 11.5. The van der Waals surface area contributed by atoms with Crippen molar-refractivity contribution in [2.75, 3.05) is 25.2 Å². The third-order valence-corrected chi connectivity index (χ3v) is 4.10. The minimum absolute atomic E-state index is 0.143. The zero-order chi connectivity index (χ0) is 14.0. The maximum Gasteiger partial charge on any atom is 0.356 e. The molecule has 0 amide bonds. The molecule has 0 unspecified atom stereocenters. The Morgan fingerprint density at radius 2 is 2.21 bits per heavy atom. The number of carbonyl (C=O) groups is 2. The van der Waals surface area contributed by atoms with Crippen LogP contribution in [0.4, 0.5) is 5.13 Å². The number of Topliss-reactive ketones (excluding diaryl/α,β-unsaturated/α-hetero) is 1. The quantitative estimate of drug-likeness (QED) is 0.767. The van der Waals surface area contributed by atoms with Gasteiger partial charge in [-0.1, -0.05) is 11.3 Å². The third kappa shape index (κ3) is 3.10. The molecule has 0 spiro atoms. The molecule has 1 aliphatic rings. The van der Waals surface area contributed by atoms with E-state index < -0.39 is 5.97 Å². The summed E-state index contributed by atoms with van der Waals surface area (Å²) in [7, 11) is 1.62. The lowest BCUT2D eigenvalue weighted by atomic mass is 10.3. The number of anilines is 1. The van der Waals surface area contributed by atoms with Crippen molar-refractivity contribution in [3.05, 3.63) is 10.6 Å². The van der Waals surface area contributed by atoms with Gasteiger partial charge in [-0.2, -0.15) is 0 Å². The number of methoxy groups -OCH3 is 1. The number of thiazole rings is 1. The summed E-state index contributed by atoms with van der Waals surface area (Å²) < 4.78 is 5.06. The van der Waals surface area contributed by atoms with Crippen molar-refractivity contribution in [3.63, 3.8) is 0 Å². The first-order chi connectivity index (χ1) is 9.04. The summed E-state index contributed by atoms with van der Waals surface area (Å²) in [5, 5.41) is 9.69. The van der Waals surface area contributed by atoms with Crippen LogP contribution in [0.2, 0.25) is 0 Å². The predicted octanol–water partition coefficient (Wildman–Crippen LogP) is 1.66. The summed E-state index contributed by atoms with van der Waals surface area (Å²) in [4.78, 5) is 28.9. The number of aromatic nitrogens is 1. The Kier molecular flexibility index (Phi) is 4.16. The Balaban J connectivity index is 2.29. The molecule has 0 saturated heterocycles. The molecule has 104 valence electrons. The largest absolute Gasteiger partial charge is 0.476 e. The van der Waals surface area contributed by atoms with Crippen LogP contribution >= 0.6 is 11.3 Å². The monoisotopic (exact) mass is 284 g/mol. The molecule has 1 N–H and O–H groups in total. The van der Waals surface area contributed by atoms with Gasteiger partial charge in [-0.15, -0.1) is 0 Å². The molecule has 1 fully saturated rings. The van der Waals surface area contributed by atoms with Crippen LogP contribution in [0, 0.1) is 0 Å². The number of carboxylic acids is 1. The molecule has 1 heterocycles. The summed E-state index contributed by atoms with van der Waals surface area (Å²) in [6.07, 6.45) is 2.14.